The molecule has 2 fully saturated rings. The number of carbonyl (C=O) groups is 2. The fourth-order valence-electron chi connectivity index (χ4n) is 2.86. The maximum Gasteiger partial charge on any atom is 0.224 e. The first kappa shape index (κ1) is 12.4. The molecule has 2 rings (SSSR count). The summed E-state index contributed by atoms with van der Waals surface area (Å²) in [6.45, 7) is 3.60. The Hall–Kier alpha value is -1.06. The van der Waals surface area contributed by atoms with Gasteiger partial charge in [-0.2, -0.15) is 0 Å². The lowest BCUT2D eigenvalue weighted by molar-refractivity contribution is -0.129. The Kier molecular flexibility index (Phi) is 4.02. The lowest BCUT2D eigenvalue weighted by Crippen LogP contribution is -2.43. The van der Waals surface area contributed by atoms with Gasteiger partial charge in [-0.1, -0.05) is 13.3 Å². The number of rotatable bonds is 3. The molecule has 1 saturated carbocycles. The van der Waals surface area contributed by atoms with Gasteiger partial charge in [0.15, 0.2) is 0 Å². The van der Waals surface area contributed by atoms with E-state index in [1.807, 2.05) is 0 Å². The summed E-state index contributed by atoms with van der Waals surface area (Å²) in [5.74, 6) is 1.63. The van der Waals surface area contributed by atoms with Crippen LogP contribution < -0.4 is 10.6 Å². The van der Waals surface area contributed by atoms with Crippen LogP contribution in [0.3, 0.4) is 0 Å². The van der Waals surface area contributed by atoms with Crippen molar-refractivity contribution in [2.75, 3.05) is 13.1 Å². The van der Waals surface area contributed by atoms with E-state index < -0.39 is 0 Å². The molecule has 2 aliphatic rings. The van der Waals surface area contributed by atoms with Crippen LogP contribution in [-0.2, 0) is 9.59 Å². The zero-order chi connectivity index (χ0) is 12.3. The summed E-state index contributed by atoms with van der Waals surface area (Å²) in [5.41, 5.74) is 0. The van der Waals surface area contributed by atoms with Gasteiger partial charge in [0.05, 0.1) is 5.92 Å². The van der Waals surface area contributed by atoms with Gasteiger partial charge in [-0.15, -0.1) is 0 Å². The van der Waals surface area contributed by atoms with Crippen molar-refractivity contribution in [3.63, 3.8) is 0 Å². The lowest BCUT2D eigenvalue weighted by Gasteiger charge is -2.22. The maximum absolute atomic E-state index is 11.9. The Morgan fingerprint density at radius 2 is 2.24 bits per heavy atom. The number of hydrogen-bond donors (Lipinski definition) is 2. The van der Waals surface area contributed by atoms with E-state index in [2.05, 4.69) is 17.6 Å². The topological polar surface area (TPSA) is 58.2 Å². The fraction of sp³-hybridized carbons (Fsp3) is 0.846. The van der Waals surface area contributed by atoms with Crippen LogP contribution in [0.4, 0.5) is 0 Å². The summed E-state index contributed by atoms with van der Waals surface area (Å²) in [5, 5.41) is 5.79. The van der Waals surface area contributed by atoms with Crippen LogP contribution in [0, 0.1) is 17.8 Å². The van der Waals surface area contributed by atoms with Gasteiger partial charge < -0.3 is 10.6 Å². The molecule has 1 heterocycles. The van der Waals surface area contributed by atoms with Crippen molar-refractivity contribution in [1.82, 2.24) is 10.6 Å². The first-order valence-electron chi connectivity index (χ1n) is 6.69. The quantitative estimate of drug-likeness (QED) is 0.772. The van der Waals surface area contributed by atoms with Crippen LogP contribution in [0.1, 0.15) is 39.0 Å². The van der Waals surface area contributed by atoms with E-state index in [4.69, 9.17) is 0 Å². The predicted octanol–water partition coefficient (Wildman–Crippen LogP) is 1.06. The second-order valence-corrected chi connectivity index (χ2v) is 5.57. The van der Waals surface area contributed by atoms with Crippen LogP contribution in [0.15, 0.2) is 0 Å². The number of hydrogen-bond acceptors (Lipinski definition) is 2. The van der Waals surface area contributed by atoms with Crippen LogP contribution in [0.25, 0.3) is 0 Å². The minimum Gasteiger partial charge on any atom is -0.356 e. The molecule has 1 saturated heterocycles. The van der Waals surface area contributed by atoms with E-state index >= 15 is 0 Å². The number of carbonyl (C=O) groups excluding carboxylic acids is 2. The molecule has 0 bridgehead atoms. The molecular formula is C13H22N2O2. The largest absolute Gasteiger partial charge is 0.356 e. The maximum atomic E-state index is 11.9. The second kappa shape index (κ2) is 5.52. The molecule has 96 valence electrons. The van der Waals surface area contributed by atoms with Crippen molar-refractivity contribution >= 4 is 11.8 Å². The Balaban J connectivity index is 1.68. The molecule has 0 aromatic rings. The summed E-state index contributed by atoms with van der Waals surface area (Å²) >= 11 is 0. The Bertz CT molecular complexity index is 294. The summed E-state index contributed by atoms with van der Waals surface area (Å²) < 4.78 is 0. The summed E-state index contributed by atoms with van der Waals surface area (Å²) in [6.07, 6.45) is 4.95. The highest BCUT2D eigenvalue weighted by Crippen LogP contribution is 2.29. The van der Waals surface area contributed by atoms with Gasteiger partial charge in [0.2, 0.25) is 11.8 Å². The monoisotopic (exact) mass is 238 g/mol. The Morgan fingerprint density at radius 1 is 1.41 bits per heavy atom. The van der Waals surface area contributed by atoms with Gasteiger partial charge in [0.25, 0.3) is 0 Å². The average Bonchev–Trinajstić information content (AvgIpc) is 2.73. The minimum absolute atomic E-state index is 0.0217. The molecule has 0 aromatic heterocycles. The standard InChI is InChI=1S/C13H22N2O2/c1-9-2-3-10(6-9)7-15-13(17)11-4-5-12(16)14-8-11/h9-11H,2-8H2,1H3,(H,14,16)(H,15,17). The first-order chi connectivity index (χ1) is 8.15. The lowest BCUT2D eigenvalue weighted by atomic mass is 9.98. The van der Waals surface area contributed by atoms with Crippen molar-refractivity contribution in [3.8, 4) is 0 Å². The first-order valence-corrected chi connectivity index (χ1v) is 6.69. The van der Waals surface area contributed by atoms with E-state index in [-0.39, 0.29) is 17.7 Å². The van der Waals surface area contributed by atoms with Crippen LogP contribution in [0.5, 0.6) is 0 Å². The number of piperidine rings is 1. The van der Waals surface area contributed by atoms with Crippen LogP contribution >= 0.6 is 0 Å². The SMILES string of the molecule is CC1CCC(CNC(=O)C2CCC(=O)NC2)C1. The molecular weight excluding hydrogens is 216 g/mol. The van der Waals surface area contributed by atoms with Gasteiger partial charge in [-0.3, -0.25) is 9.59 Å². The second-order valence-electron chi connectivity index (χ2n) is 5.57. The smallest absolute Gasteiger partial charge is 0.224 e. The van der Waals surface area contributed by atoms with Crippen molar-refractivity contribution < 1.29 is 9.59 Å². The Morgan fingerprint density at radius 3 is 2.82 bits per heavy atom. The minimum atomic E-state index is -0.0217. The van der Waals surface area contributed by atoms with Crippen molar-refractivity contribution in [2.24, 2.45) is 17.8 Å². The van der Waals surface area contributed by atoms with E-state index in [0.29, 0.717) is 25.3 Å². The zero-order valence-corrected chi connectivity index (χ0v) is 10.5. The van der Waals surface area contributed by atoms with E-state index in [1.54, 1.807) is 0 Å². The highest BCUT2D eigenvalue weighted by molar-refractivity contribution is 5.83. The van der Waals surface area contributed by atoms with E-state index in [9.17, 15) is 9.59 Å². The average molecular weight is 238 g/mol. The van der Waals surface area contributed by atoms with Crippen molar-refractivity contribution in [2.45, 2.75) is 39.0 Å². The number of nitrogens with one attached hydrogen (secondary N) is 2. The van der Waals surface area contributed by atoms with Crippen LogP contribution in [0.2, 0.25) is 0 Å². The Labute approximate surface area is 103 Å². The zero-order valence-electron chi connectivity index (χ0n) is 10.5. The third kappa shape index (κ3) is 3.45. The molecule has 4 heteroatoms. The molecule has 2 amide bonds. The highest BCUT2D eigenvalue weighted by Gasteiger charge is 2.26. The van der Waals surface area contributed by atoms with E-state index in [1.165, 1.54) is 19.3 Å². The van der Waals surface area contributed by atoms with Gasteiger partial charge in [0.1, 0.15) is 0 Å². The normalized spacial score (nSPS) is 33.2. The van der Waals surface area contributed by atoms with Crippen molar-refractivity contribution in [1.29, 1.82) is 0 Å². The summed E-state index contributed by atoms with van der Waals surface area (Å²) in [6, 6.07) is 0. The molecule has 2 N–H and O–H groups in total. The highest BCUT2D eigenvalue weighted by atomic mass is 16.2. The van der Waals surface area contributed by atoms with Crippen LogP contribution in [-0.4, -0.2) is 24.9 Å². The van der Waals surface area contributed by atoms with Gasteiger partial charge in [-0.25, -0.2) is 0 Å². The summed E-state index contributed by atoms with van der Waals surface area (Å²) in [7, 11) is 0. The van der Waals surface area contributed by atoms with Crippen molar-refractivity contribution in [3.05, 3.63) is 0 Å². The van der Waals surface area contributed by atoms with Gasteiger partial charge in [-0.05, 0) is 31.1 Å². The molecule has 3 atom stereocenters. The van der Waals surface area contributed by atoms with Gasteiger partial charge >= 0.3 is 0 Å². The third-order valence-corrected chi connectivity index (χ3v) is 4.00. The molecule has 1 aliphatic carbocycles. The molecule has 0 spiro atoms. The predicted molar refractivity (Wildman–Crippen MR) is 65.2 cm³/mol. The number of amides is 2. The molecule has 0 radical (unpaired) electrons. The summed E-state index contributed by atoms with van der Waals surface area (Å²) in [4.78, 5) is 22.9. The molecule has 3 unspecified atom stereocenters. The molecule has 4 nitrogen and oxygen atoms in total. The van der Waals surface area contributed by atoms with Gasteiger partial charge in [0, 0.05) is 19.5 Å². The van der Waals surface area contributed by atoms with E-state index in [0.717, 1.165) is 12.5 Å². The molecule has 0 aromatic carbocycles. The third-order valence-electron chi connectivity index (χ3n) is 4.00. The molecule has 1 aliphatic heterocycles. The fourth-order valence-corrected chi connectivity index (χ4v) is 2.86. The molecule has 17 heavy (non-hydrogen) atoms.